The second-order valence-electron chi connectivity index (χ2n) is 3.85. The third-order valence-corrected chi connectivity index (χ3v) is 3.52. The predicted octanol–water partition coefficient (Wildman–Crippen LogP) is 2.02. The van der Waals surface area contributed by atoms with Crippen molar-refractivity contribution < 1.29 is 9.90 Å². The summed E-state index contributed by atoms with van der Waals surface area (Å²) in [7, 11) is 1.67. The van der Waals surface area contributed by atoms with Crippen LogP contribution in [0.1, 0.15) is 15.4 Å². The summed E-state index contributed by atoms with van der Waals surface area (Å²) in [5.41, 5.74) is 6.91. The van der Waals surface area contributed by atoms with Crippen LogP contribution in [0.4, 0.5) is 10.8 Å². The molecule has 1 aromatic heterocycles. The Hall–Kier alpha value is -2.08. The number of rotatable bonds is 2. The van der Waals surface area contributed by atoms with Crippen LogP contribution in [0, 0.1) is 6.92 Å². The normalized spacial score (nSPS) is 10.3. The van der Waals surface area contributed by atoms with Gasteiger partial charge in [-0.05, 0) is 31.2 Å². The van der Waals surface area contributed by atoms with Gasteiger partial charge in [-0.25, -0.2) is 4.98 Å². The number of phenolic OH excluding ortho intramolecular Hbond substituents is 1. The number of hydrogen-bond donors (Lipinski definition) is 2. The Morgan fingerprint density at radius 3 is 2.50 bits per heavy atom. The van der Waals surface area contributed by atoms with Crippen molar-refractivity contribution in [2.75, 3.05) is 17.7 Å². The predicted molar refractivity (Wildman–Crippen MR) is 72.1 cm³/mol. The third kappa shape index (κ3) is 2.28. The van der Waals surface area contributed by atoms with E-state index in [1.165, 1.54) is 28.4 Å². The molecule has 0 aliphatic rings. The Morgan fingerprint density at radius 2 is 2.00 bits per heavy atom. The molecule has 0 unspecified atom stereocenters. The lowest BCUT2D eigenvalue weighted by Gasteiger charge is -2.16. The maximum absolute atomic E-state index is 12.2. The van der Waals surface area contributed by atoms with Crippen LogP contribution in [0.5, 0.6) is 5.75 Å². The fourth-order valence-electron chi connectivity index (χ4n) is 1.56. The van der Waals surface area contributed by atoms with Crippen LogP contribution in [0.2, 0.25) is 0 Å². The van der Waals surface area contributed by atoms with E-state index in [9.17, 15) is 9.90 Å². The van der Waals surface area contributed by atoms with Crippen LogP contribution in [0.15, 0.2) is 24.3 Å². The zero-order valence-corrected chi connectivity index (χ0v) is 10.9. The lowest BCUT2D eigenvalue weighted by Crippen LogP contribution is -2.25. The van der Waals surface area contributed by atoms with E-state index in [4.69, 9.17) is 5.73 Å². The van der Waals surface area contributed by atoms with Crippen molar-refractivity contribution in [2.24, 2.45) is 0 Å². The van der Waals surface area contributed by atoms with E-state index in [-0.39, 0.29) is 11.7 Å². The van der Waals surface area contributed by atoms with Gasteiger partial charge in [-0.2, -0.15) is 0 Å². The topological polar surface area (TPSA) is 79.5 Å². The second kappa shape index (κ2) is 4.66. The van der Waals surface area contributed by atoms with E-state index < -0.39 is 0 Å². The van der Waals surface area contributed by atoms with Crippen molar-refractivity contribution in [1.29, 1.82) is 0 Å². The molecule has 6 heteroatoms. The maximum atomic E-state index is 12.2. The maximum Gasteiger partial charge on any atom is 0.270 e. The van der Waals surface area contributed by atoms with Crippen molar-refractivity contribution in [2.45, 2.75) is 6.92 Å². The number of hydrogen-bond acceptors (Lipinski definition) is 5. The van der Waals surface area contributed by atoms with Crippen LogP contribution in [0.3, 0.4) is 0 Å². The van der Waals surface area contributed by atoms with E-state index in [1.54, 1.807) is 26.1 Å². The molecule has 0 atom stereocenters. The number of carbonyl (C=O) groups is 1. The number of nitrogens with zero attached hydrogens (tertiary/aromatic N) is 2. The Morgan fingerprint density at radius 1 is 1.39 bits per heavy atom. The third-order valence-electron chi connectivity index (χ3n) is 2.55. The highest BCUT2D eigenvalue weighted by molar-refractivity contribution is 7.17. The number of aromatic nitrogens is 1. The number of benzene rings is 1. The Balaban J connectivity index is 2.29. The van der Waals surface area contributed by atoms with Crippen LogP contribution in [-0.4, -0.2) is 23.0 Å². The molecule has 0 fully saturated rings. The summed E-state index contributed by atoms with van der Waals surface area (Å²) in [6.07, 6.45) is 0. The van der Waals surface area contributed by atoms with Gasteiger partial charge in [0.1, 0.15) is 10.6 Å². The standard InChI is InChI=1S/C12H13N3O2S/c1-7-10(18-12(13)14-7)11(17)15(2)8-3-5-9(16)6-4-8/h3-6,16H,1-2H3,(H2,13,14). The molecule has 18 heavy (non-hydrogen) atoms. The number of anilines is 2. The quantitative estimate of drug-likeness (QED) is 0.868. The minimum absolute atomic E-state index is 0.160. The van der Waals surface area contributed by atoms with Gasteiger partial charge in [0.05, 0.1) is 5.69 Å². The molecular formula is C12H13N3O2S. The van der Waals surface area contributed by atoms with Gasteiger partial charge in [-0.3, -0.25) is 4.79 Å². The molecule has 1 amide bonds. The Kier molecular flexibility index (Phi) is 3.20. The van der Waals surface area contributed by atoms with E-state index in [1.807, 2.05) is 0 Å². The summed E-state index contributed by atoms with van der Waals surface area (Å²) in [5, 5.41) is 9.60. The summed E-state index contributed by atoms with van der Waals surface area (Å²) < 4.78 is 0. The molecule has 5 nitrogen and oxygen atoms in total. The Labute approximate surface area is 108 Å². The van der Waals surface area contributed by atoms with Crippen LogP contribution >= 0.6 is 11.3 Å². The van der Waals surface area contributed by atoms with E-state index in [0.29, 0.717) is 21.4 Å². The molecular weight excluding hydrogens is 250 g/mol. The van der Waals surface area contributed by atoms with Crippen molar-refractivity contribution in [3.8, 4) is 5.75 Å². The zero-order valence-electron chi connectivity index (χ0n) is 10.0. The van der Waals surface area contributed by atoms with Gasteiger partial charge < -0.3 is 15.7 Å². The van der Waals surface area contributed by atoms with Gasteiger partial charge in [0.25, 0.3) is 5.91 Å². The first kappa shape index (κ1) is 12.4. The number of phenols is 1. The van der Waals surface area contributed by atoms with Gasteiger partial charge >= 0.3 is 0 Å². The van der Waals surface area contributed by atoms with Crippen molar-refractivity contribution in [1.82, 2.24) is 4.98 Å². The number of thiazole rings is 1. The zero-order chi connectivity index (χ0) is 13.3. The highest BCUT2D eigenvalue weighted by Crippen LogP contribution is 2.24. The molecule has 0 saturated heterocycles. The smallest absolute Gasteiger partial charge is 0.270 e. The molecule has 2 aromatic rings. The van der Waals surface area contributed by atoms with Crippen molar-refractivity contribution in [3.63, 3.8) is 0 Å². The molecule has 94 valence electrons. The first-order valence-corrected chi connectivity index (χ1v) is 6.10. The van der Waals surface area contributed by atoms with Crippen LogP contribution in [-0.2, 0) is 0 Å². The molecule has 0 saturated carbocycles. The van der Waals surface area contributed by atoms with Gasteiger partial charge in [0, 0.05) is 12.7 Å². The lowest BCUT2D eigenvalue weighted by molar-refractivity contribution is 0.0996. The molecule has 0 radical (unpaired) electrons. The van der Waals surface area contributed by atoms with Crippen LogP contribution < -0.4 is 10.6 Å². The largest absolute Gasteiger partial charge is 0.508 e. The number of carbonyl (C=O) groups excluding carboxylic acids is 1. The minimum atomic E-state index is -0.160. The minimum Gasteiger partial charge on any atom is -0.508 e. The highest BCUT2D eigenvalue weighted by atomic mass is 32.1. The average molecular weight is 263 g/mol. The van der Waals surface area contributed by atoms with Gasteiger partial charge in [0.15, 0.2) is 5.13 Å². The number of amides is 1. The van der Waals surface area contributed by atoms with E-state index in [2.05, 4.69) is 4.98 Å². The monoisotopic (exact) mass is 263 g/mol. The molecule has 0 spiro atoms. The average Bonchev–Trinajstić information content (AvgIpc) is 2.67. The molecule has 1 aromatic carbocycles. The molecule has 3 N–H and O–H groups in total. The molecule has 1 heterocycles. The summed E-state index contributed by atoms with van der Waals surface area (Å²) in [5.74, 6) is 0.00482. The van der Waals surface area contributed by atoms with Gasteiger partial charge in [-0.1, -0.05) is 11.3 Å². The summed E-state index contributed by atoms with van der Waals surface area (Å²) in [6.45, 7) is 1.75. The van der Waals surface area contributed by atoms with E-state index >= 15 is 0 Å². The van der Waals surface area contributed by atoms with Crippen LogP contribution in [0.25, 0.3) is 0 Å². The summed E-state index contributed by atoms with van der Waals surface area (Å²) in [4.78, 5) is 18.3. The fraction of sp³-hybridized carbons (Fsp3) is 0.167. The number of nitrogen functional groups attached to an aromatic ring is 1. The molecule has 0 aliphatic heterocycles. The lowest BCUT2D eigenvalue weighted by atomic mass is 10.2. The fourth-order valence-corrected chi connectivity index (χ4v) is 2.37. The van der Waals surface area contributed by atoms with Crippen molar-refractivity contribution in [3.05, 3.63) is 34.8 Å². The summed E-state index contributed by atoms with van der Waals surface area (Å²) in [6, 6.07) is 6.42. The van der Waals surface area contributed by atoms with E-state index in [0.717, 1.165) is 0 Å². The second-order valence-corrected chi connectivity index (χ2v) is 4.88. The molecule has 0 bridgehead atoms. The highest BCUT2D eigenvalue weighted by Gasteiger charge is 2.19. The Bertz CT molecular complexity index is 578. The number of aryl methyl sites for hydroxylation is 1. The SMILES string of the molecule is Cc1nc(N)sc1C(=O)N(C)c1ccc(O)cc1. The van der Waals surface area contributed by atoms with Crippen molar-refractivity contribution >= 4 is 28.1 Å². The number of aromatic hydroxyl groups is 1. The van der Waals surface area contributed by atoms with Gasteiger partial charge in [0.2, 0.25) is 0 Å². The summed E-state index contributed by atoms with van der Waals surface area (Å²) >= 11 is 1.17. The first-order chi connectivity index (χ1) is 8.49. The first-order valence-electron chi connectivity index (χ1n) is 5.29. The molecule has 0 aliphatic carbocycles. The molecule has 2 rings (SSSR count). The number of nitrogens with two attached hydrogens (primary N) is 1. The van der Waals surface area contributed by atoms with Gasteiger partial charge in [-0.15, -0.1) is 0 Å².